The second-order valence-electron chi connectivity index (χ2n) is 2.40. The molecule has 0 spiro atoms. The van der Waals surface area contributed by atoms with Gasteiger partial charge in [-0.2, -0.15) is 0 Å². The highest BCUT2D eigenvalue weighted by molar-refractivity contribution is 6.31. The molecule has 13 heavy (non-hydrogen) atoms. The fraction of sp³-hybridized carbons (Fsp3) is 0.250. The molecule has 0 aromatic heterocycles. The lowest BCUT2D eigenvalue weighted by atomic mass is 10.1. The summed E-state index contributed by atoms with van der Waals surface area (Å²) in [5.74, 6) is -6.17. The molecule has 72 valence electrons. The number of benzene rings is 1. The van der Waals surface area contributed by atoms with Crippen molar-refractivity contribution >= 4 is 11.6 Å². The van der Waals surface area contributed by atoms with Crippen LogP contribution in [0.4, 0.5) is 17.6 Å². The van der Waals surface area contributed by atoms with Crippen molar-refractivity contribution < 1.29 is 17.6 Å². The molecule has 0 saturated carbocycles. The maximum atomic E-state index is 12.9. The third-order valence-electron chi connectivity index (χ3n) is 1.65. The Bertz CT molecular complexity index is 319. The lowest BCUT2D eigenvalue weighted by Gasteiger charge is -2.05. The van der Waals surface area contributed by atoms with Crippen LogP contribution in [0.15, 0.2) is 0 Å². The summed E-state index contributed by atoms with van der Waals surface area (Å²) in [6, 6.07) is 0. The molecule has 0 N–H and O–H groups in total. The van der Waals surface area contributed by atoms with Crippen molar-refractivity contribution in [1.82, 2.24) is 0 Å². The minimum Gasteiger partial charge on any atom is -0.205 e. The molecule has 1 rings (SSSR count). The quantitative estimate of drug-likeness (QED) is 0.380. The molecular formula is C8H5ClF4. The molecule has 0 nitrogen and oxygen atoms in total. The second kappa shape index (κ2) is 3.54. The largest absolute Gasteiger partial charge is 0.205 e. The van der Waals surface area contributed by atoms with E-state index < -0.39 is 33.9 Å². The summed E-state index contributed by atoms with van der Waals surface area (Å²) in [7, 11) is 0. The maximum Gasteiger partial charge on any atom is 0.196 e. The van der Waals surface area contributed by atoms with Crippen LogP contribution in [-0.4, -0.2) is 0 Å². The van der Waals surface area contributed by atoms with Crippen molar-refractivity contribution in [1.29, 1.82) is 0 Å². The fourth-order valence-electron chi connectivity index (χ4n) is 0.961. The van der Waals surface area contributed by atoms with Crippen molar-refractivity contribution in [3.05, 3.63) is 33.9 Å². The highest BCUT2D eigenvalue weighted by atomic mass is 35.5. The highest BCUT2D eigenvalue weighted by Gasteiger charge is 2.22. The lowest BCUT2D eigenvalue weighted by molar-refractivity contribution is 0.426. The number of halogens is 5. The van der Waals surface area contributed by atoms with Crippen molar-refractivity contribution in [2.75, 3.05) is 0 Å². The summed E-state index contributed by atoms with van der Waals surface area (Å²) in [5, 5.41) is -1.00. The van der Waals surface area contributed by atoms with Crippen molar-refractivity contribution in [2.45, 2.75) is 13.3 Å². The van der Waals surface area contributed by atoms with Gasteiger partial charge in [0.1, 0.15) is 5.02 Å². The van der Waals surface area contributed by atoms with Gasteiger partial charge in [0.05, 0.1) is 0 Å². The first kappa shape index (κ1) is 10.3. The van der Waals surface area contributed by atoms with Gasteiger partial charge >= 0.3 is 0 Å². The molecule has 1 aromatic rings. The van der Waals surface area contributed by atoms with E-state index in [1.54, 1.807) is 0 Å². The van der Waals surface area contributed by atoms with E-state index in [-0.39, 0.29) is 6.42 Å². The Balaban J connectivity index is 3.56. The van der Waals surface area contributed by atoms with Crippen molar-refractivity contribution in [3.8, 4) is 0 Å². The van der Waals surface area contributed by atoms with Gasteiger partial charge in [0.15, 0.2) is 23.3 Å². The zero-order valence-electron chi connectivity index (χ0n) is 6.60. The van der Waals surface area contributed by atoms with Gasteiger partial charge in [-0.3, -0.25) is 0 Å². The normalized spacial score (nSPS) is 10.6. The van der Waals surface area contributed by atoms with E-state index in [0.717, 1.165) is 0 Å². The molecule has 1 aromatic carbocycles. The molecule has 0 aliphatic rings. The first-order chi connectivity index (χ1) is 6.00. The monoisotopic (exact) mass is 212 g/mol. The summed E-state index contributed by atoms with van der Waals surface area (Å²) in [5.41, 5.74) is -0.538. The second-order valence-corrected chi connectivity index (χ2v) is 2.78. The molecule has 5 heteroatoms. The standard InChI is InChI=1S/C8H5ClF4/c1-2-3-5(10)4(9)7(12)8(13)6(3)11/h2H2,1H3. The Morgan fingerprint density at radius 2 is 1.46 bits per heavy atom. The van der Waals surface area contributed by atoms with Gasteiger partial charge in [0.2, 0.25) is 0 Å². The maximum absolute atomic E-state index is 12.9. The van der Waals surface area contributed by atoms with Gasteiger partial charge in [0, 0.05) is 5.56 Å². The van der Waals surface area contributed by atoms with Crippen LogP contribution < -0.4 is 0 Å². The fourth-order valence-corrected chi connectivity index (χ4v) is 1.16. The summed E-state index contributed by atoms with van der Waals surface area (Å²) < 4.78 is 50.9. The predicted molar refractivity (Wildman–Crippen MR) is 40.7 cm³/mol. The minimum absolute atomic E-state index is 0.0887. The van der Waals surface area contributed by atoms with E-state index >= 15 is 0 Å². The summed E-state index contributed by atoms with van der Waals surface area (Å²) in [6.07, 6.45) is -0.0887. The predicted octanol–water partition coefficient (Wildman–Crippen LogP) is 3.46. The van der Waals surface area contributed by atoms with Gasteiger partial charge in [-0.1, -0.05) is 18.5 Å². The van der Waals surface area contributed by atoms with Gasteiger partial charge in [-0.25, -0.2) is 17.6 Å². The van der Waals surface area contributed by atoms with E-state index in [1.807, 2.05) is 0 Å². The van der Waals surface area contributed by atoms with Crippen LogP contribution >= 0.6 is 11.6 Å². The molecule has 0 aliphatic heterocycles. The zero-order chi connectivity index (χ0) is 10.2. The van der Waals surface area contributed by atoms with Crippen LogP contribution in [-0.2, 0) is 6.42 Å². The van der Waals surface area contributed by atoms with Crippen LogP contribution in [0.5, 0.6) is 0 Å². The van der Waals surface area contributed by atoms with E-state index in [1.165, 1.54) is 6.92 Å². The Morgan fingerprint density at radius 1 is 0.923 bits per heavy atom. The molecule has 0 heterocycles. The Labute approximate surface area is 77.1 Å². The van der Waals surface area contributed by atoms with Gasteiger partial charge < -0.3 is 0 Å². The topological polar surface area (TPSA) is 0 Å². The third-order valence-corrected chi connectivity index (χ3v) is 1.99. The van der Waals surface area contributed by atoms with Crippen LogP contribution in [0.3, 0.4) is 0 Å². The molecule has 0 bridgehead atoms. The summed E-state index contributed by atoms with van der Waals surface area (Å²) >= 11 is 5.08. The Hall–Kier alpha value is -0.770. The number of hydrogen-bond acceptors (Lipinski definition) is 0. The SMILES string of the molecule is CCc1c(F)c(F)c(F)c(Cl)c1F. The zero-order valence-corrected chi connectivity index (χ0v) is 7.35. The third kappa shape index (κ3) is 1.50. The van der Waals surface area contributed by atoms with Crippen LogP contribution in [0, 0.1) is 23.3 Å². The van der Waals surface area contributed by atoms with Gasteiger partial charge in [0.25, 0.3) is 0 Å². The van der Waals surface area contributed by atoms with E-state index in [9.17, 15) is 17.6 Å². The molecule has 0 aliphatic carbocycles. The lowest BCUT2D eigenvalue weighted by Crippen LogP contribution is -2.02. The minimum atomic E-state index is -1.73. The molecule has 0 atom stereocenters. The van der Waals surface area contributed by atoms with Crippen LogP contribution in [0.1, 0.15) is 12.5 Å². The van der Waals surface area contributed by atoms with E-state index in [4.69, 9.17) is 11.6 Å². The van der Waals surface area contributed by atoms with Crippen molar-refractivity contribution in [2.24, 2.45) is 0 Å². The number of rotatable bonds is 1. The Kier molecular flexibility index (Phi) is 2.81. The molecular weight excluding hydrogens is 208 g/mol. The summed E-state index contributed by atoms with van der Waals surface area (Å²) in [6.45, 7) is 1.41. The average Bonchev–Trinajstić information content (AvgIpc) is 2.13. The van der Waals surface area contributed by atoms with Gasteiger partial charge in [-0.15, -0.1) is 0 Å². The van der Waals surface area contributed by atoms with Gasteiger partial charge in [-0.05, 0) is 6.42 Å². The van der Waals surface area contributed by atoms with E-state index in [0.29, 0.717) is 0 Å². The molecule has 0 saturated heterocycles. The van der Waals surface area contributed by atoms with Crippen molar-refractivity contribution in [3.63, 3.8) is 0 Å². The van der Waals surface area contributed by atoms with Crippen LogP contribution in [0.25, 0.3) is 0 Å². The van der Waals surface area contributed by atoms with Crippen LogP contribution in [0.2, 0.25) is 5.02 Å². The average molecular weight is 213 g/mol. The number of hydrogen-bond donors (Lipinski definition) is 0. The first-order valence-corrected chi connectivity index (χ1v) is 3.88. The first-order valence-electron chi connectivity index (χ1n) is 3.51. The molecule has 0 fully saturated rings. The molecule has 0 radical (unpaired) electrons. The Morgan fingerprint density at radius 3 is 1.92 bits per heavy atom. The summed E-state index contributed by atoms with van der Waals surface area (Å²) in [4.78, 5) is 0. The van der Waals surface area contributed by atoms with E-state index in [2.05, 4.69) is 0 Å². The smallest absolute Gasteiger partial charge is 0.196 e. The molecule has 0 unspecified atom stereocenters. The highest BCUT2D eigenvalue weighted by Crippen LogP contribution is 2.27. The molecule has 0 amide bonds.